The number of ether oxygens (including phenoxy) is 1. The third-order valence-corrected chi connectivity index (χ3v) is 3.63. The molecule has 1 aromatic carbocycles. The summed E-state index contributed by atoms with van der Waals surface area (Å²) >= 11 is 3.16. The summed E-state index contributed by atoms with van der Waals surface area (Å²) in [6.45, 7) is 2.23. The molecule has 0 saturated carbocycles. The molecule has 0 atom stereocenters. The minimum absolute atomic E-state index is 0.154. The Bertz CT molecular complexity index is 698. The number of esters is 1. The summed E-state index contributed by atoms with van der Waals surface area (Å²) in [6, 6.07) is 9.27. The zero-order chi connectivity index (χ0) is 15.9. The molecule has 2 aromatic rings. The zero-order valence-electron chi connectivity index (χ0n) is 12.3. The second-order valence-electron chi connectivity index (χ2n) is 4.76. The van der Waals surface area contributed by atoms with Gasteiger partial charge >= 0.3 is 5.97 Å². The molecule has 6 heteroatoms. The van der Waals surface area contributed by atoms with Crippen molar-refractivity contribution in [2.24, 2.45) is 0 Å². The van der Waals surface area contributed by atoms with E-state index >= 15 is 0 Å². The standard InChI is InChI=1S/C16H17BrN2O3/c1-2-3-9-22-14(20)11-19-15(12-7-5-4-6-8-12)18-10-13(17)16(19)21/h4-8,10H,2-3,9,11H2,1H3. The van der Waals surface area contributed by atoms with Gasteiger partial charge in [0, 0.05) is 11.8 Å². The lowest BCUT2D eigenvalue weighted by atomic mass is 10.2. The number of unbranched alkanes of at least 4 members (excludes halogenated alkanes) is 1. The van der Waals surface area contributed by atoms with Crippen LogP contribution in [0.3, 0.4) is 0 Å². The number of hydrogen-bond donors (Lipinski definition) is 0. The minimum Gasteiger partial charge on any atom is -0.464 e. The van der Waals surface area contributed by atoms with Crippen molar-refractivity contribution in [1.29, 1.82) is 0 Å². The summed E-state index contributed by atoms with van der Waals surface area (Å²) < 4.78 is 6.77. The maximum Gasteiger partial charge on any atom is 0.326 e. The van der Waals surface area contributed by atoms with E-state index in [2.05, 4.69) is 20.9 Å². The van der Waals surface area contributed by atoms with E-state index in [9.17, 15) is 9.59 Å². The Hall–Kier alpha value is -1.95. The van der Waals surface area contributed by atoms with Crippen LogP contribution in [0.2, 0.25) is 0 Å². The molecule has 0 fully saturated rings. The lowest BCUT2D eigenvalue weighted by molar-refractivity contribution is -0.144. The van der Waals surface area contributed by atoms with Gasteiger partial charge in [-0.15, -0.1) is 0 Å². The van der Waals surface area contributed by atoms with E-state index in [1.54, 1.807) is 0 Å². The molecule has 0 radical (unpaired) electrons. The molecule has 0 aliphatic rings. The Morgan fingerprint density at radius 3 is 2.73 bits per heavy atom. The van der Waals surface area contributed by atoms with Gasteiger partial charge in [-0.3, -0.25) is 14.2 Å². The largest absolute Gasteiger partial charge is 0.464 e. The van der Waals surface area contributed by atoms with Crippen molar-refractivity contribution in [3.8, 4) is 11.4 Å². The van der Waals surface area contributed by atoms with Crippen LogP contribution in [0.5, 0.6) is 0 Å². The van der Waals surface area contributed by atoms with Crippen molar-refractivity contribution in [1.82, 2.24) is 9.55 Å². The first-order valence-electron chi connectivity index (χ1n) is 7.10. The molecule has 0 amide bonds. The highest BCUT2D eigenvalue weighted by Gasteiger charge is 2.14. The fourth-order valence-corrected chi connectivity index (χ4v) is 2.25. The lowest BCUT2D eigenvalue weighted by Gasteiger charge is -2.12. The average Bonchev–Trinajstić information content (AvgIpc) is 2.53. The monoisotopic (exact) mass is 364 g/mol. The van der Waals surface area contributed by atoms with Crippen molar-refractivity contribution in [2.75, 3.05) is 6.61 Å². The average molecular weight is 365 g/mol. The maximum atomic E-state index is 12.3. The number of halogens is 1. The van der Waals surface area contributed by atoms with Gasteiger partial charge in [-0.05, 0) is 22.4 Å². The van der Waals surface area contributed by atoms with Gasteiger partial charge in [-0.2, -0.15) is 0 Å². The number of aromatic nitrogens is 2. The molecule has 0 spiro atoms. The van der Waals surface area contributed by atoms with Gasteiger partial charge in [0.25, 0.3) is 5.56 Å². The third kappa shape index (κ3) is 4.04. The van der Waals surface area contributed by atoms with Crippen LogP contribution < -0.4 is 5.56 Å². The molecule has 0 N–H and O–H groups in total. The van der Waals surface area contributed by atoms with E-state index in [1.807, 2.05) is 37.3 Å². The molecular formula is C16H17BrN2O3. The fraction of sp³-hybridized carbons (Fsp3) is 0.312. The van der Waals surface area contributed by atoms with Crippen LogP contribution in [-0.2, 0) is 16.1 Å². The minimum atomic E-state index is -0.437. The van der Waals surface area contributed by atoms with E-state index in [4.69, 9.17) is 4.74 Å². The summed E-state index contributed by atoms with van der Waals surface area (Å²) in [6.07, 6.45) is 3.20. The Balaban J connectivity index is 2.31. The highest BCUT2D eigenvalue weighted by Crippen LogP contribution is 2.16. The number of rotatable bonds is 6. The first-order valence-corrected chi connectivity index (χ1v) is 7.89. The molecule has 22 heavy (non-hydrogen) atoms. The number of carbonyl (C=O) groups is 1. The molecule has 0 saturated heterocycles. The van der Waals surface area contributed by atoms with E-state index < -0.39 is 5.97 Å². The Labute approximate surface area is 137 Å². The highest BCUT2D eigenvalue weighted by atomic mass is 79.9. The normalized spacial score (nSPS) is 10.5. The smallest absolute Gasteiger partial charge is 0.326 e. The number of nitrogens with zero attached hydrogens (tertiary/aromatic N) is 2. The van der Waals surface area contributed by atoms with Crippen molar-refractivity contribution < 1.29 is 9.53 Å². The maximum absolute atomic E-state index is 12.3. The lowest BCUT2D eigenvalue weighted by Crippen LogP contribution is -2.28. The quantitative estimate of drug-likeness (QED) is 0.583. The molecular weight excluding hydrogens is 348 g/mol. The number of benzene rings is 1. The molecule has 116 valence electrons. The molecule has 2 rings (SSSR count). The molecule has 1 heterocycles. The van der Waals surface area contributed by atoms with Crippen LogP contribution in [0.25, 0.3) is 11.4 Å². The van der Waals surface area contributed by atoms with Crippen LogP contribution >= 0.6 is 15.9 Å². The van der Waals surface area contributed by atoms with Gasteiger partial charge in [0.2, 0.25) is 0 Å². The van der Waals surface area contributed by atoms with Crippen molar-refractivity contribution in [2.45, 2.75) is 26.3 Å². The summed E-state index contributed by atoms with van der Waals surface area (Å²) in [4.78, 5) is 28.5. The molecule has 5 nitrogen and oxygen atoms in total. The van der Waals surface area contributed by atoms with Gasteiger partial charge in [0.1, 0.15) is 16.8 Å². The van der Waals surface area contributed by atoms with E-state index in [1.165, 1.54) is 10.8 Å². The molecule has 0 aliphatic carbocycles. The van der Waals surface area contributed by atoms with Gasteiger partial charge in [-0.25, -0.2) is 4.98 Å². The van der Waals surface area contributed by atoms with Gasteiger partial charge < -0.3 is 4.74 Å². The van der Waals surface area contributed by atoms with E-state index in [0.29, 0.717) is 16.9 Å². The third-order valence-electron chi connectivity index (χ3n) is 3.09. The Morgan fingerprint density at radius 1 is 1.32 bits per heavy atom. The topological polar surface area (TPSA) is 61.2 Å². The van der Waals surface area contributed by atoms with Crippen LogP contribution in [0.15, 0.2) is 45.8 Å². The summed E-state index contributed by atoms with van der Waals surface area (Å²) in [5.41, 5.74) is 0.467. The van der Waals surface area contributed by atoms with Gasteiger partial charge in [0.15, 0.2) is 0 Å². The second-order valence-corrected chi connectivity index (χ2v) is 5.62. The predicted molar refractivity (Wildman–Crippen MR) is 87.5 cm³/mol. The van der Waals surface area contributed by atoms with Gasteiger partial charge in [-0.1, -0.05) is 43.7 Å². The molecule has 1 aromatic heterocycles. The highest BCUT2D eigenvalue weighted by molar-refractivity contribution is 9.10. The SMILES string of the molecule is CCCCOC(=O)Cn1c(-c2ccccc2)ncc(Br)c1=O. The first kappa shape index (κ1) is 16.4. The van der Waals surface area contributed by atoms with Crippen LogP contribution in [0, 0.1) is 0 Å². The first-order chi connectivity index (χ1) is 10.6. The second kappa shape index (κ2) is 7.89. The fourth-order valence-electron chi connectivity index (χ4n) is 1.94. The Kier molecular flexibility index (Phi) is 5.89. The number of hydrogen-bond acceptors (Lipinski definition) is 4. The van der Waals surface area contributed by atoms with Crippen molar-refractivity contribution in [3.63, 3.8) is 0 Å². The zero-order valence-corrected chi connectivity index (χ0v) is 13.9. The molecule has 0 aliphatic heterocycles. The van der Waals surface area contributed by atoms with Crippen LogP contribution in [0.1, 0.15) is 19.8 Å². The van der Waals surface area contributed by atoms with Crippen molar-refractivity contribution >= 4 is 21.9 Å². The van der Waals surface area contributed by atoms with Crippen LogP contribution in [-0.4, -0.2) is 22.1 Å². The van der Waals surface area contributed by atoms with Crippen molar-refractivity contribution in [3.05, 3.63) is 51.4 Å². The van der Waals surface area contributed by atoms with E-state index in [0.717, 1.165) is 18.4 Å². The molecule has 0 bridgehead atoms. The number of carbonyl (C=O) groups excluding carboxylic acids is 1. The van der Waals surface area contributed by atoms with E-state index in [-0.39, 0.29) is 12.1 Å². The predicted octanol–water partition coefficient (Wildman–Crippen LogP) is 3.02. The molecule has 0 unspecified atom stereocenters. The summed E-state index contributed by atoms with van der Waals surface area (Å²) in [5, 5.41) is 0. The summed E-state index contributed by atoms with van der Waals surface area (Å²) in [5.74, 6) is 0.00822. The Morgan fingerprint density at radius 2 is 2.05 bits per heavy atom. The van der Waals surface area contributed by atoms with Gasteiger partial charge in [0.05, 0.1) is 6.61 Å². The summed E-state index contributed by atoms with van der Waals surface area (Å²) in [7, 11) is 0. The van der Waals surface area contributed by atoms with Crippen LogP contribution in [0.4, 0.5) is 0 Å².